The van der Waals surface area contributed by atoms with Gasteiger partial charge in [-0.3, -0.25) is 34.3 Å². The Labute approximate surface area is 145 Å². The van der Waals surface area contributed by atoms with Crippen molar-refractivity contribution in [3.05, 3.63) is 0 Å². The van der Waals surface area contributed by atoms with Gasteiger partial charge in [0.2, 0.25) is 17.7 Å². The van der Waals surface area contributed by atoms with Crippen LogP contribution in [0.25, 0.3) is 0 Å². The Morgan fingerprint density at radius 2 is 1.80 bits per heavy atom. The third-order valence-electron chi connectivity index (χ3n) is 5.31. The van der Waals surface area contributed by atoms with E-state index in [1.54, 1.807) is 4.90 Å². The molecular weight excluding hydrogens is 328 g/mol. The normalized spacial score (nSPS) is 27.4. The number of nitrogens with one attached hydrogen (secondary N) is 1. The van der Waals surface area contributed by atoms with Crippen LogP contribution in [0.5, 0.6) is 0 Å². The van der Waals surface area contributed by atoms with Crippen LogP contribution in [-0.2, 0) is 19.2 Å². The van der Waals surface area contributed by atoms with Crippen molar-refractivity contribution in [1.82, 2.24) is 20.0 Å². The van der Waals surface area contributed by atoms with Gasteiger partial charge in [0.25, 0.3) is 0 Å². The number of likely N-dealkylation sites (tertiary alicyclic amines) is 1. The van der Waals surface area contributed by atoms with Crippen LogP contribution in [0.2, 0.25) is 0 Å². The molecule has 9 heteroatoms. The van der Waals surface area contributed by atoms with E-state index >= 15 is 0 Å². The number of piperidine rings is 2. The fourth-order valence-corrected chi connectivity index (χ4v) is 3.96. The minimum absolute atomic E-state index is 0.0644. The minimum Gasteiger partial charge on any atom is -0.480 e. The number of hydrogen-bond donors (Lipinski definition) is 2. The first-order valence-corrected chi connectivity index (χ1v) is 8.75. The standard InChI is InChI=1S/C16H24N4O5/c21-13-2-1-12(16(25)17-13)20-8-7-19(9-14(20)22)11-3-5-18(6-4-11)10-15(23)24/h11-12H,1-10H2,(H,23,24)(H,17,21,25). The Kier molecular flexibility index (Phi) is 5.33. The first-order valence-electron chi connectivity index (χ1n) is 8.75. The second-order valence-electron chi connectivity index (χ2n) is 6.93. The second kappa shape index (κ2) is 7.49. The molecule has 1 unspecified atom stereocenters. The molecule has 3 amide bonds. The maximum absolute atomic E-state index is 12.5. The fraction of sp³-hybridized carbons (Fsp3) is 0.750. The van der Waals surface area contributed by atoms with Crippen LogP contribution >= 0.6 is 0 Å². The lowest BCUT2D eigenvalue weighted by Gasteiger charge is -2.44. The molecule has 0 aromatic heterocycles. The summed E-state index contributed by atoms with van der Waals surface area (Å²) in [6.07, 6.45) is 2.36. The largest absolute Gasteiger partial charge is 0.480 e. The van der Waals surface area contributed by atoms with Gasteiger partial charge in [-0.2, -0.15) is 0 Å². The van der Waals surface area contributed by atoms with Crippen molar-refractivity contribution in [2.75, 3.05) is 39.3 Å². The van der Waals surface area contributed by atoms with Crippen molar-refractivity contribution in [2.24, 2.45) is 0 Å². The van der Waals surface area contributed by atoms with Gasteiger partial charge in [-0.1, -0.05) is 0 Å². The molecule has 3 heterocycles. The topological polar surface area (TPSA) is 110 Å². The third-order valence-corrected chi connectivity index (χ3v) is 5.31. The van der Waals surface area contributed by atoms with E-state index in [-0.39, 0.29) is 43.3 Å². The lowest BCUT2D eigenvalue weighted by molar-refractivity contribution is -0.150. The summed E-state index contributed by atoms with van der Waals surface area (Å²) in [6.45, 7) is 2.97. The van der Waals surface area contributed by atoms with Gasteiger partial charge in [-0.05, 0) is 19.3 Å². The van der Waals surface area contributed by atoms with Crippen molar-refractivity contribution in [1.29, 1.82) is 0 Å². The predicted molar refractivity (Wildman–Crippen MR) is 86.6 cm³/mol. The summed E-state index contributed by atoms with van der Waals surface area (Å²) in [7, 11) is 0. The molecule has 0 aromatic carbocycles. The number of imide groups is 1. The van der Waals surface area contributed by atoms with E-state index in [9.17, 15) is 19.2 Å². The molecule has 0 saturated carbocycles. The first kappa shape index (κ1) is 17.8. The minimum atomic E-state index is -0.813. The number of carbonyl (C=O) groups excluding carboxylic acids is 3. The van der Waals surface area contributed by atoms with E-state index in [1.165, 1.54) is 0 Å². The summed E-state index contributed by atoms with van der Waals surface area (Å²) in [5, 5.41) is 11.2. The molecule has 0 bridgehead atoms. The Hall–Kier alpha value is -2.00. The van der Waals surface area contributed by atoms with Crippen molar-refractivity contribution in [3.63, 3.8) is 0 Å². The van der Waals surface area contributed by atoms with Crippen LogP contribution in [0.1, 0.15) is 25.7 Å². The van der Waals surface area contributed by atoms with Crippen molar-refractivity contribution >= 4 is 23.7 Å². The summed E-state index contributed by atoms with van der Waals surface area (Å²) in [6, 6.07) is -0.261. The number of aliphatic carboxylic acids is 1. The summed E-state index contributed by atoms with van der Waals surface area (Å²) in [4.78, 5) is 52.2. The van der Waals surface area contributed by atoms with Gasteiger partial charge >= 0.3 is 5.97 Å². The number of nitrogens with zero attached hydrogens (tertiary/aromatic N) is 3. The van der Waals surface area contributed by atoms with Crippen LogP contribution in [0.3, 0.4) is 0 Å². The first-order chi connectivity index (χ1) is 11.9. The zero-order chi connectivity index (χ0) is 18.0. The molecule has 0 spiro atoms. The molecule has 3 fully saturated rings. The van der Waals surface area contributed by atoms with E-state index in [0.717, 1.165) is 25.9 Å². The van der Waals surface area contributed by atoms with Gasteiger partial charge in [-0.25, -0.2) is 0 Å². The molecular formula is C16H24N4O5. The number of piperazine rings is 1. The zero-order valence-electron chi connectivity index (χ0n) is 14.1. The van der Waals surface area contributed by atoms with E-state index in [4.69, 9.17) is 5.11 Å². The summed E-state index contributed by atoms with van der Waals surface area (Å²) in [5.74, 6) is -1.54. The second-order valence-corrected chi connectivity index (χ2v) is 6.93. The third kappa shape index (κ3) is 4.16. The van der Waals surface area contributed by atoms with E-state index < -0.39 is 12.0 Å². The van der Waals surface area contributed by atoms with E-state index in [0.29, 0.717) is 19.5 Å². The number of rotatable bonds is 4. The van der Waals surface area contributed by atoms with Crippen LogP contribution < -0.4 is 5.32 Å². The molecule has 25 heavy (non-hydrogen) atoms. The summed E-state index contributed by atoms with van der Waals surface area (Å²) < 4.78 is 0. The highest BCUT2D eigenvalue weighted by Gasteiger charge is 2.38. The lowest BCUT2D eigenvalue weighted by Crippen LogP contribution is -2.62. The average Bonchev–Trinajstić information content (AvgIpc) is 2.56. The van der Waals surface area contributed by atoms with Crippen LogP contribution in [0.15, 0.2) is 0 Å². The molecule has 0 aromatic rings. The van der Waals surface area contributed by atoms with Crippen LogP contribution in [0, 0.1) is 0 Å². The molecule has 9 nitrogen and oxygen atoms in total. The van der Waals surface area contributed by atoms with Gasteiger partial charge < -0.3 is 10.0 Å². The summed E-state index contributed by atoms with van der Waals surface area (Å²) in [5.41, 5.74) is 0. The monoisotopic (exact) mass is 352 g/mol. The molecule has 0 radical (unpaired) electrons. The van der Waals surface area contributed by atoms with Gasteiger partial charge in [0.15, 0.2) is 0 Å². The SMILES string of the molecule is O=C(O)CN1CCC(N2CCN(C3CCC(=O)NC3=O)C(=O)C2)CC1. The van der Waals surface area contributed by atoms with Crippen molar-refractivity contribution in [3.8, 4) is 0 Å². The fourth-order valence-electron chi connectivity index (χ4n) is 3.96. The highest BCUT2D eigenvalue weighted by Crippen LogP contribution is 2.21. The molecule has 3 aliphatic rings. The smallest absolute Gasteiger partial charge is 0.317 e. The lowest BCUT2D eigenvalue weighted by atomic mass is 10.00. The number of carboxylic acid groups (broad SMARTS) is 1. The van der Waals surface area contributed by atoms with E-state index in [1.807, 2.05) is 4.90 Å². The Bertz CT molecular complexity index is 573. The number of amides is 3. The molecule has 1 atom stereocenters. The van der Waals surface area contributed by atoms with E-state index in [2.05, 4.69) is 10.2 Å². The highest BCUT2D eigenvalue weighted by atomic mass is 16.4. The maximum Gasteiger partial charge on any atom is 0.317 e. The summed E-state index contributed by atoms with van der Waals surface area (Å²) >= 11 is 0. The van der Waals surface area contributed by atoms with Crippen molar-refractivity contribution in [2.45, 2.75) is 37.8 Å². The number of carbonyl (C=O) groups is 4. The molecule has 3 rings (SSSR count). The van der Waals surface area contributed by atoms with Crippen LogP contribution in [0.4, 0.5) is 0 Å². The van der Waals surface area contributed by atoms with Crippen LogP contribution in [-0.4, -0.2) is 94.8 Å². The van der Waals surface area contributed by atoms with Gasteiger partial charge in [0.05, 0.1) is 13.1 Å². The molecule has 3 aliphatic heterocycles. The number of hydrogen-bond acceptors (Lipinski definition) is 6. The molecule has 138 valence electrons. The molecule has 3 saturated heterocycles. The van der Waals surface area contributed by atoms with Gasteiger partial charge in [-0.15, -0.1) is 0 Å². The average molecular weight is 352 g/mol. The zero-order valence-corrected chi connectivity index (χ0v) is 14.1. The Morgan fingerprint density at radius 3 is 2.40 bits per heavy atom. The van der Waals surface area contributed by atoms with Gasteiger partial charge in [0, 0.05) is 38.6 Å². The number of carboxylic acids is 1. The predicted octanol–water partition coefficient (Wildman–Crippen LogP) is -1.52. The molecule has 2 N–H and O–H groups in total. The quantitative estimate of drug-likeness (QED) is 0.592. The Balaban J connectivity index is 1.51. The van der Waals surface area contributed by atoms with Crippen molar-refractivity contribution < 1.29 is 24.3 Å². The highest BCUT2D eigenvalue weighted by molar-refractivity contribution is 6.01. The molecule has 0 aliphatic carbocycles. The Morgan fingerprint density at radius 1 is 1.08 bits per heavy atom. The van der Waals surface area contributed by atoms with Gasteiger partial charge in [0.1, 0.15) is 6.04 Å². The maximum atomic E-state index is 12.5.